The van der Waals surface area contributed by atoms with Gasteiger partial charge in [0.2, 0.25) is 0 Å². The van der Waals surface area contributed by atoms with Crippen molar-refractivity contribution in [3.05, 3.63) is 32.9 Å². The van der Waals surface area contributed by atoms with E-state index in [-0.39, 0.29) is 24.8 Å². The highest BCUT2D eigenvalue weighted by Gasteiger charge is 2.23. The van der Waals surface area contributed by atoms with Gasteiger partial charge in [-0.15, -0.1) is 42.7 Å². The van der Waals surface area contributed by atoms with E-state index in [9.17, 15) is 0 Å². The largest absolute Gasteiger partial charge is 0.314 e. The zero-order chi connectivity index (χ0) is 12.3. The van der Waals surface area contributed by atoms with Crippen LogP contribution in [0.2, 0.25) is 0 Å². The number of piperazine rings is 1. The second-order valence-electron chi connectivity index (χ2n) is 4.63. The quantitative estimate of drug-likeness (QED) is 0.776. The molecule has 110 valence electrons. The van der Waals surface area contributed by atoms with Crippen molar-refractivity contribution in [3.63, 3.8) is 0 Å². The molecular formula is C13H21BrCl2N2S. The molecule has 6 heteroatoms. The lowest BCUT2D eigenvalue weighted by Gasteiger charge is -2.34. The Labute approximate surface area is 140 Å². The molecule has 2 heterocycles. The summed E-state index contributed by atoms with van der Waals surface area (Å²) in [5.74, 6) is 0. The summed E-state index contributed by atoms with van der Waals surface area (Å²) in [4.78, 5) is 4.02. The van der Waals surface area contributed by atoms with Gasteiger partial charge in [0.25, 0.3) is 0 Å². The minimum atomic E-state index is 0. The third-order valence-electron chi connectivity index (χ3n) is 3.05. The Morgan fingerprint density at radius 2 is 2.11 bits per heavy atom. The van der Waals surface area contributed by atoms with Crippen molar-refractivity contribution in [2.45, 2.75) is 19.4 Å². The van der Waals surface area contributed by atoms with Crippen LogP contribution in [0.3, 0.4) is 0 Å². The summed E-state index contributed by atoms with van der Waals surface area (Å²) in [5, 5.41) is 5.58. The minimum absolute atomic E-state index is 0. The predicted molar refractivity (Wildman–Crippen MR) is 93.1 cm³/mol. The Kier molecular flexibility index (Phi) is 9.58. The van der Waals surface area contributed by atoms with Gasteiger partial charge in [0.1, 0.15) is 0 Å². The lowest BCUT2D eigenvalue weighted by molar-refractivity contribution is 0.175. The summed E-state index contributed by atoms with van der Waals surface area (Å²) < 4.78 is 1.19. The van der Waals surface area contributed by atoms with E-state index in [2.05, 4.69) is 51.1 Å². The molecule has 1 aliphatic rings. The highest BCUT2D eigenvalue weighted by molar-refractivity contribution is 9.10. The maximum absolute atomic E-state index is 4.07. The maximum Gasteiger partial charge on any atom is 0.0479 e. The van der Waals surface area contributed by atoms with E-state index in [0.29, 0.717) is 6.04 Å². The van der Waals surface area contributed by atoms with Crippen LogP contribution >= 0.6 is 52.1 Å². The molecule has 0 unspecified atom stereocenters. The fourth-order valence-corrected chi connectivity index (χ4v) is 3.82. The van der Waals surface area contributed by atoms with Crippen LogP contribution < -0.4 is 5.32 Å². The van der Waals surface area contributed by atoms with E-state index in [1.807, 2.05) is 11.3 Å². The maximum atomic E-state index is 4.07. The number of nitrogens with one attached hydrogen (secondary N) is 1. The van der Waals surface area contributed by atoms with Crippen molar-refractivity contribution in [1.29, 1.82) is 0 Å². The molecule has 0 radical (unpaired) electrons. The molecule has 1 atom stereocenters. The fourth-order valence-electron chi connectivity index (χ4n) is 2.24. The molecule has 1 fully saturated rings. The molecule has 1 aromatic heterocycles. The SMILES string of the molecule is C=C(C)C[C@@H](c1cc(Br)cs1)N1CCNCC1.Cl.Cl. The van der Waals surface area contributed by atoms with Gasteiger partial charge in [-0.1, -0.05) is 5.57 Å². The van der Waals surface area contributed by atoms with E-state index in [1.54, 1.807) is 0 Å². The average molecular weight is 388 g/mol. The van der Waals surface area contributed by atoms with Crippen LogP contribution in [-0.2, 0) is 0 Å². The van der Waals surface area contributed by atoms with Crippen LogP contribution in [0.5, 0.6) is 0 Å². The lowest BCUT2D eigenvalue weighted by atomic mass is 10.0. The molecule has 0 aliphatic carbocycles. The summed E-state index contributed by atoms with van der Waals surface area (Å²) >= 11 is 5.39. The van der Waals surface area contributed by atoms with E-state index in [1.165, 1.54) is 14.9 Å². The number of hydrogen-bond acceptors (Lipinski definition) is 3. The number of nitrogens with zero attached hydrogens (tertiary/aromatic N) is 1. The Balaban J connectivity index is 0.00000162. The van der Waals surface area contributed by atoms with Crippen molar-refractivity contribution >= 4 is 52.1 Å². The first-order chi connectivity index (χ1) is 8.16. The van der Waals surface area contributed by atoms with E-state index in [0.717, 1.165) is 32.6 Å². The van der Waals surface area contributed by atoms with Gasteiger partial charge in [-0.05, 0) is 35.3 Å². The van der Waals surface area contributed by atoms with Crippen LogP contribution in [0.25, 0.3) is 0 Å². The minimum Gasteiger partial charge on any atom is -0.314 e. The van der Waals surface area contributed by atoms with Crippen LogP contribution in [0.15, 0.2) is 28.1 Å². The van der Waals surface area contributed by atoms with Crippen molar-refractivity contribution in [2.75, 3.05) is 26.2 Å². The molecule has 1 aliphatic heterocycles. The monoisotopic (exact) mass is 386 g/mol. The molecule has 0 amide bonds. The summed E-state index contributed by atoms with van der Waals surface area (Å²) in [6, 6.07) is 2.76. The molecule has 2 nitrogen and oxygen atoms in total. The molecule has 1 saturated heterocycles. The van der Waals surface area contributed by atoms with Gasteiger partial charge in [0.05, 0.1) is 0 Å². The predicted octanol–water partition coefficient (Wildman–Crippen LogP) is 4.27. The zero-order valence-electron chi connectivity index (χ0n) is 11.0. The van der Waals surface area contributed by atoms with Gasteiger partial charge in [0, 0.05) is 47.0 Å². The van der Waals surface area contributed by atoms with Gasteiger partial charge in [-0.2, -0.15) is 0 Å². The third kappa shape index (κ3) is 5.74. The summed E-state index contributed by atoms with van der Waals surface area (Å²) in [5.41, 5.74) is 1.26. The molecule has 0 aromatic carbocycles. The normalized spacial score (nSPS) is 17.2. The number of halogens is 3. The van der Waals surface area contributed by atoms with Crippen LogP contribution in [0.1, 0.15) is 24.3 Å². The summed E-state index contributed by atoms with van der Waals surface area (Å²) in [6.45, 7) is 10.7. The molecule has 1 N–H and O–H groups in total. The van der Waals surface area contributed by atoms with Gasteiger partial charge >= 0.3 is 0 Å². The highest BCUT2D eigenvalue weighted by Crippen LogP contribution is 2.33. The van der Waals surface area contributed by atoms with Crippen molar-refractivity contribution in [2.24, 2.45) is 0 Å². The van der Waals surface area contributed by atoms with Crippen LogP contribution in [0, 0.1) is 0 Å². The smallest absolute Gasteiger partial charge is 0.0479 e. The molecule has 19 heavy (non-hydrogen) atoms. The molecule has 0 saturated carbocycles. The van der Waals surface area contributed by atoms with Crippen LogP contribution in [0.4, 0.5) is 0 Å². The van der Waals surface area contributed by atoms with Crippen molar-refractivity contribution in [3.8, 4) is 0 Å². The second-order valence-corrected chi connectivity index (χ2v) is 6.49. The molecule has 0 spiro atoms. The Morgan fingerprint density at radius 1 is 1.47 bits per heavy atom. The summed E-state index contributed by atoms with van der Waals surface area (Å²) in [7, 11) is 0. The first-order valence-electron chi connectivity index (χ1n) is 6.00. The lowest BCUT2D eigenvalue weighted by Crippen LogP contribution is -2.45. The fraction of sp³-hybridized carbons (Fsp3) is 0.538. The molecule has 1 aromatic rings. The van der Waals surface area contributed by atoms with Crippen molar-refractivity contribution < 1.29 is 0 Å². The van der Waals surface area contributed by atoms with E-state index >= 15 is 0 Å². The zero-order valence-corrected chi connectivity index (χ0v) is 15.1. The van der Waals surface area contributed by atoms with Gasteiger partial charge in [-0.25, -0.2) is 0 Å². The second kappa shape index (κ2) is 9.37. The Hall–Kier alpha value is 0.420. The summed E-state index contributed by atoms with van der Waals surface area (Å²) in [6.07, 6.45) is 1.06. The number of thiophene rings is 1. The number of rotatable bonds is 4. The third-order valence-corrected chi connectivity index (χ3v) is 4.85. The molecule has 2 rings (SSSR count). The Bertz CT molecular complexity index is 392. The van der Waals surface area contributed by atoms with E-state index < -0.39 is 0 Å². The first kappa shape index (κ1) is 19.4. The van der Waals surface area contributed by atoms with Gasteiger partial charge < -0.3 is 5.32 Å². The molecule has 0 bridgehead atoms. The Morgan fingerprint density at radius 3 is 2.58 bits per heavy atom. The van der Waals surface area contributed by atoms with Crippen molar-refractivity contribution in [1.82, 2.24) is 10.2 Å². The van der Waals surface area contributed by atoms with E-state index in [4.69, 9.17) is 0 Å². The first-order valence-corrected chi connectivity index (χ1v) is 7.67. The standard InChI is InChI=1S/C13H19BrN2S.2ClH/c1-10(2)7-12(13-8-11(14)9-17-13)16-5-3-15-4-6-16;;/h8-9,12,15H,1,3-7H2,2H3;2*1H/t12-;;/m0../s1. The van der Waals surface area contributed by atoms with Gasteiger partial charge in [-0.3, -0.25) is 4.90 Å². The van der Waals surface area contributed by atoms with Gasteiger partial charge in [0.15, 0.2) is 0 Å². The average Bonchev–Trinajstić information content (AvgIpc) is 2.73. The van der Waals surface area contributed by atoms with Crippen LogP contribution in [-0.4, -0.2) is 31.1 Å². The highest BCUT2D eigenvalue weighted by atomic mass is 79.9. The number of hydrogen-bond donors (Lipinski definition) is 1. The molecular weight excluding hydrogens is 367 g/mol. The topological polar surface area (TPSA) is 15.3 Å².